The number of ether oxygens (including phenoxy) is 2. The Kier molecular flexibility index (Phi) is 5.72. The molecule has 20 heavy (non-hydrogen) atoms. The number of hydrogen-bond acceptors (Lipinski definition) is 3. The molecule has 1 unspecified atom stereocenters. The minimum atomic E-state index is 0.403. The number of fused-ring (bicyclic) bond motifs is 1. The van der Waals surface area contributed by atoms with Crippen LogP contribution in [0, 0.1) is 5.92 Å². The van der Waals surface area contributed by atoms with Gasteiger partial charge in [0.2, 0.25) is 0 Å². The van der Waals surface area contributed by atoms with Gasteiger partial charge in [0.15, 0.2) is 11.5 Å². The summed E-state index contributed by atoms with van der Waals surface area (Å²) in [5.41, 5.74) is 1.31. The van der Waals surface area contributed by atoms with E-state index in [1.807, 2.05) is 6.07 Å². The molecule has 0 saturated heterocycles. The number of benzene rings is 1. The highest BCUT2D eigenvalue weighted by Crippen LogP contribution is 2.34. The minimum absolute atomic E-state index is 0.403. The van der Waals surface area contributed by atoms with Gasteiger partial charge in [0.1, 0.15) is 13.2 Å². The molecule has 3 heteroatoms. The van der Waals surface area contributed by atoms with E-state index in [1.165, 1.54) is 24.8 Å². The first kappa shape index (κ1) is 15.2. The SMILES string of the molecule is CCNC(CC(CC)CC)c1ccc2c(c1)OCCO2. The van der Waals surface area contributed by atoms with Crippen LogP contribution in [0.1, 0.15) is 51.6 Å². The fourth-order valence-corrected chi connectivity index (χ4v) is 2.82. The minimum Gasteiger partial charge on any atom is -0.486 e. The van der Waals surface area contributed by atoms with Gasteiger partial charge in [-0.2, -0.15) is 0 Å². The molecule has 1 aromatic carbocycles. The van der Waals surface area contributed by atoms with Gasteiger partial charge in [-0.05, 0) is 36.6 Å². The van der Waals surface area contributed by atoms with E-state index in [0.717, 1.165) is 24.0 Å². The number of rotatable bonds is 7. The van der Waals surface area contributed by atoms with Gasteiger partial charge in [0.25, 0.3) is 0 Å². The van der Waals surface area contributed by atoms with Gasteiger partial charge < -0.3 is 14.8 Å². The Morgan fingerprint density at radius 2 is 1.75 bits per heavy atom. The van der Waals surface area contributed by atoms with Gasteiger partial charge in [-0.15, -0.1) is 0 Å². The summed E-state index contributed by atoms with van der Waals surface area (Å²) in [6.45, 7) is 9.00. The molecule has 0 aliphatic carbocycles. The monoisotopic (exact) mass is 277 g/mol. The van der Waals surface area contributed by atoms with Gasteiger partial charge in [-0.25, -0.2) is 0 Å². The molecule has 0 fully saturated rings. The molecule has 0 aromatic heterocycles. The van der Waals surface area contributed by atoms with Gasteiger partial charge >= 0.3 is 0 Å². The van der Waals surface area contributed by atoms with E-state index < -0.39 is 0 Å². The summed E-state index contributed by atoms with van der Waals surface area (Å²) < 4.78 is 11.3. The second kappa shape index (κ2) is 7.53. The predicted molar refractivity (Wildman–Crippen MR) is 82.5 cm³/mol. The summed E-state index contributed by atoms with van der Waals surface area (Å²) in [6.07, 6.45) is 3.66. The number of nitrogens with one attached hydrogen (secondary N) is 1. The third-order valence-corrected chi connectivity index (χ3v) is 4.14. The second-order valence-corrected chi connectivity index (χ2v) is 5.43. The molecular formula is C17H27NO2. The van der Waals surface area contributed by atoms with Crippen molar-refractivity contribution in [2.45, 2.75) is 46.1 Å². The molecular weight excluding hydrogens is 250 g/mol. The van der Waals surface area contributed by atoms with Crippen molar-refractivity contribution in [1.82, 2.24) is 5.32 Å². The molecule has 0 spiro atoms. The van der Waals surface area contributed by atoms with Gasteiger partial charge in [0, 0.05) is 6.04 Å². The number of hydrogen-bond donors (Lipinski definition) is 1. The first-order valence-corrected chi connectivity index (χ1v) is 7.91. The van der Waals surface area contributed by atoms with Crippen LogP contribution in [0.5, 0.6) is 11.5 Å². The second-order valence-electron chi connectivity index (χ2n) is 5.43. The maximum Gasteiger partial charge on any atom is 0.161 e. The lowest BCUT2D eigenvalue weighted by Crippen LogP contribution is -2.24. The van der Waals surface area contributed by atoms with Crippen LogP contribution in [-0.4, -0.2) is 19.8 Å². The van der Waals surface area contributed by atoms with E-state index >= 15 is 0 Å². The largest absolute Gasteiger partial charge is 0.486 e. The van der Waals surface area contributed by atoms with Crippen LogP contribution >= 0.6 is 0 Å². The summed E-state index contributed by atoms with van der Waals surface area (Å²) in [4.78, 5) is 0. The highest BCUT2D eigenvalue weighted by Gasteiger charge is 2.18. The van der Waals surface area contributed by atoms with Crippen molar-refractivity contribution in [1.29, 1.82) is 0 Å². The van der Waals surface area contributed by atoms with Gasteiger partial charge in [-0.1, -0.05) is 39.7 Å². The fourth-order valence-electron chi connectivity index (χ4n) is 2.82. The zero-order valence-electron chi connectivity index (χ0n) is 12.9. The van der Waals surface area contributed by atoms with E-state index in [-0.39, 0.29) is 0 Å². The van der Waals surface area contributed by atoms with Crippen molar-refractivity contribution in [2.24, 2.45) is 5.92 Å². The van der Waals surface area contributed by atoms with Crippen LogP contribution in [-0.2, 0) is 0 Å². The average Bonchev–Trinajstić information content (AvgIpc) is 2.51. The standard InChI is InChI=1S/C17H27NO2/c1-4-13(5-2)11-15(18-6-3)14-7-8-16-17(12-14)20-10-9-19-16/h7-8,12-13,15,18H,4-6,9-11H2,1-3H3. The molecule has 1 aliphatic heterocycles. The Labute approximate surface area is 122 Å². The Balaban J connectivity index is 2.15. The smallest absolute Gasteiger partial charge is 0.161 e. The topological polar surface area (TPSA) is 30.5 Å². The molecule has 1 heterocycles. The molecule has 0 amide bonds. The van der Waals surface area contributed by atoms with Crippen molar-refractivity contribution < 1.29 is 9.47 Å². The first-order chi connectivity index (χ1) is 9.78. The highest BCUT2D eigenvalue weighted by atomic mass is 16.6. The Hall–Kier alpha value is -1.22. The van der Waals surface area contributed by atoms with E-state index in [1.54, 1.807) is 0 Å². The van der Waals surface area contributed by atoms with Crippen LogP contribution in [0.15, 0.2) is 18.2 Å². The first-order valence-electron chi connectivity index (χ1n) is 7.91. The quantitative estimate of drug-likeness (QED) is 0.819. The summed E-state index contributed by atoms with van der Waals surface area (Å²) in [5.74, 6) is 2.53. The molecule has 0 bridgehead atoms. The van der Waals surface area contributed by atoms with Gasteiger partial charge in [-0.3, -0.25) is 0 Å². The van der Waals surface area contributed by atoms with Crippen LogP contribution in [0.25, 0.3) is 0 Å². The van der Waals surface area contributed by atoms with E-state index in [9.17, 15) is 0 Å². The van der Waals surface area contributed by atoms with Gasteiger partial charge in [0.05, 0.1) is 0 Å². The molecule has 0 saturated carbocycles. The normalized spacial score (nSPS) is 15.4. The molecule has 2 rings (SSSR count). The third-order valence-electron chi connectivity index (χ3n) is 4.14. The van der Waals surface area contributed by atoms with Crippen LogP contribution in [0.3, 0.4) is 0 Å². The predicted octanol–water partition coefficient (Wildman–Crippen LogP) is 3.93. The van der Waals surface area contributed by atoms with Crippen molar-refractivity contribution in [2.75, 3.05) is 19.8 Å². The summed E-state index contributed by atoms with van der Waals surface area (Å²) in [5, 5.41) is 3.61. The lowest BCUT2D eigenvalue weighted by atomic mass is 9.91. The molecule has 3 nitrogen and oxygen atoms in total. The molecule has 1 atom stereocenters. The Bertz CT molecular complexity index is 415. The van der Waals surface area contributed by atoms with E-state index in [4.69, 9.17) is 9.47 Å². The lowest BCUT2D eigenvalue weighted by molar-refractivity contribution is 0.171. The molecule has 1 aromatic rings. The van der Waals surface area contributed by atoms with Crippen molar-refractivity contribution in [3.05, 3.63) is 23.8 Å². The Morgan fingerprint density at radius 1 is 1.05 bits per heavy atom. The summed E-state index contributed by atoms with van der Waals surface area (Å²) in [7, 11) is 0. The van der Waals surface area contributed by atoms with E-state index in [2.05, 4.69) is 38.2 Å². The molecule has 112 valence electrons. The average molecular weight is 277 g/mol. The van der Waals surface area contributed by atoms with Crippen LogP contribution in [0.2, 0.25) is 0 Å². The molecule has 1 aliphatic rings. The maximum absolute atomic E-state index is 5.70. The highest BCUT2D eigenvalue weighted by molar-refractivity contribution is 5.44. The zero-order valence-corrected chi connectivity index (χ0v) is 12.9. The molecule has 1 N–H and O–H groups in total. The van der Waals surface area contributed by atoms with E-state index in [0.29, 0.717) is 19.3 Å². The zero-order chi connectivity index (χ0) is 14.4. The summed E-state index contributed by atoms with van der Waals surface area (Å²) >= 11 is 0. The summed E-state index contributed by atoms with van der Waals surface area (Å²) in [6, 6.07) is 6.76. The van der Waals surface area contributed by atoms with Crippen LogP contribution < -0.4 is 14.8 Å². The maximum atomic E-state index is 5.70. The van der Waals surface area contributed by atoms with Crippen molar-refractivity contribution >= 4 is 0 Å². The van der Waals surface area contributed by atoms with Crippen molar-refractivity contribution in [3.8, 4) is 11.5 Å². The lowest BCUT2D eigenvalue weighted by Gasteiger charge is -2.25. The Morgan fingerprint density at radius 3 is 2.40 bits per heavy atom. The van der Waals surface area contributed by atoms with Crippen LogP contribution in [0.4, 0.5) is 0 Å². The third kappa shape index (κ3) is 3.66. The molecule has 0 radical (unpaired) electrons. The van der Waals surface area contributed by atoms with Crippen molar-refractivity contribution in [3.63, 3.8) is 0 Å². The fraction of sp³-hybridized carbons (Fsp3) is 0.647.